The molecule has 2 aromatic rings. The van der Waals surface area contributed by atoms with Crippen molar-refractivity contribution < 1.29 is 5.11 Å². The molecule has 5 nitrogen and oxygen atoms in total. The summed E-state index contributed by atoms with van der Waals surface area (Å²) in [7, 11) is 0. The minimum absolute atomic E-state index is 0.100. The van der Waals surface area contributed by atoms with Gasteiger partial charge >= 0.3 is 0 Å². The smallest absolute Gasteiger partial charge is 0.275 e. The van der Waals surface area contributed by atoms with Crippen LogP contribution in [0.15, 0.2) is 35.1 Å². The van der Waals surface area contributed by atoms with E-state index in [0.29, 0.717) is 22.9 Å². The molecule has 20 heavy (non-hydrogen) atoms. The number of aromatic nitrogens is 2. The lowest BCUT2D eigenvalue weighted by atomic mass is 10.3. The molecule has 0 saturated heterocycles. The Morgan fingerprint density at radius 3 is 2.90 bits per heavy atom. The Kier molecular flexibility index (Phi) is 4.76. The van der Waals surface area contributed by atoms with E-state index in [1.807, 2.05) is 6.92 Å². The number of rotatable bonds is 5. The van der Waals surface area contributed by atoms with Crippen molar-refractivity contribution in [3.8, 4) is 11.4 Å². The molecule has 1 aromatic carbocycles. The standard InChI is InChI=1S/C14H16ClN3O2/c1-2-6-16-9-12-13(19)8-14(20)18(17-12)11-5-3-4-10(15)7-11/h3-5,7-8,16,19H,2,6,9H2,1H3. The average molecular weight is 294 g/mol. The molecule has 6 heteroatoms. The predicted molar refractivity (Wildman–Crippen MR) is 78.5 cm³/mol. The zero-order valence-electron chi connectivity index (χ0n) is 11.1. The summed E-state index contributed by atoms with van der Waals surface area (Å²) in [4.78, 5) is 11.9. The first-order valence-electron chi connectivity index (χ1n) is 6.40. The Labute approximate surface area is 121 Å². The van der Waals surface area contributed by atoms with Gasteiger partial charge in [0.05, 0.1) is 5.69 Å². The molecular formula is C14H16ClN3O2. The maximum absolute atomic E-state index is 11.9. The van der Waals surface area contributed by atoms with Crippen LogP contribution < -0.4 is 10.9 Å². The number of nitrogens with one attached hydrogen (secondary N) is 1. The summed E-state index contributed by atoms with van der Waals surface area (Å²) in [5, 5.41) is 17.6. The topological polar surface area (TPSA) is 67.2 Å². The Hall–Kier alpha value is -1.85. The highest BCUT2D eigenvalue weighted by molar-refractivity contribution is 6.30. The minimum Gasteiger partial charge on any atom is -0.506 e. The molecular weight excluding hydrogens is 278 g/mol. The molecule has 1 aromatic heterocycles. The van der Waals surface area contributed by atoms with Gasteiger partial charge in [-0.05, 0) is 31.2 Å². The van der Waals surface area contributed by atoms with Crippen molar-refractivity contribution in [3.63, 3.8) is 0 Å². The number of halogens is 1. The van der Waals surface area contributed by atoms with Crippen molar-refractivity contribution in [1.82, 2.24) is 15.1 Å². The van der Waals surface area contributed by atoms with Gasteiger partial charge in [-0.1, -0.05) is 24.6 Å². The number of nitrogens with zero attached hydrogens (tertiary/aromatic N) is 2. The fourth-order valence-corrected chi connectivity index (χ4v) is 1.97. The van der Waals surface area contributed by atoms with E-state index in [9.17, 15) is 9.90 Å². The van der Waals surface area contributed by atoms with Crippen molar-refractivity contribution in [1.29, 1.82) is 0 Å². The van der Waals surface area contributed by atoms with Gasteiger partial charge in [-0.15, -0.1) is 0 Å². The predicted octanol–water partition coefficient (Wildman–Crippen LogP) is 2.09. The lowest BCUT2D eigenvalue weighted by Crippen LogP contribution is -2.24. The first kappa shape index (κ1) is 14.6. The summed E-state index contributed by atoms with van der Waals surface area (Å²) >= 11 is 5.92. The summed E-state index contributed by atoms with van der Waals surface area (Å²) in [6.45, 7) is 3.27. The molecule has 0 fully saturated rings. The zero-order valence-corrected chi connectivity index (χ0v) is 11.9. The Balaban J connectivity index is 2.38. The molecule has 0 aliphatic heterocycles. The van der Waals surface area contributed by atoms with Gasteiger partial charge in [0.15, 0.2) is 0 Å². The van der Waals surface area contributed by atoms with Crippen LogP contribution in [-0.4, -0.2) is 21.4 Å². The highest BCUT2D eigenvalue weighted by Crippen LogP contribution is 2.15. The van der Waals surface area contributed by atoms with Crippen molar-refractivity contribution in [3.05, 3.63) is 51.4 Å². The number of hydrogen-bond donors (Lipinski definition) is 2. The van der Waals surface area contributed by atoms with Gasteiger partial charge in [0.2, 0.25) is 0 Å². The minimum atomic E-state index is -0.399. The van der Waals surface area contributed by atoms with Crippen LogP contribution in [0, 0.1) is 0 Å². The highest BCUT2D eigenvalue weighted by Gasteiger charge is 2.09. The molecule has 0 aliphatic rings. The van der Waals surface area contributed by atoms with Crippen LogP contribution in [0.4, 0.5) is 0 Å². The molecule has 0 bridgehead atoms. The van der Waals surface area contributed by atoms with E-state index in [1.165, 1.54) is 4.68 Å². The molecule has 0 amide bonds. The van der Waals surface area contributed by atoms with Gasteiger partial charge in [-0.2, -0.15) is 9.78 Å². The maximum atomic E-state index is 11.9. The van der Waals surface area contributed by atoms with Crippen LogP contribution in [0.5, 0.6) is 5.75 Å². The maximum Gasteiger partial charge on any atom is 0.275 e. The summed E-state index contributed by atoms with van der Waals surface area (Å²) in [6, 6.07) is 8.02. The number of hydrogen-bond acceptors (Lipinski definition) is 4. The average Bonchev–Trinajstić information content (AvgIpc) is 2.41. The van der Waals surface area contributed by atoms with Gasteiger partial charge in [-0.3, -0.25) is 4.79 Å². The Morgan fingerprint density at radius 1 is 1.40 bits per heavy atom. The van der Waals surface area contributed by atoms with E-state index >= 15 is 0 Å². The molecule has 1 heterocycles. The molecule has 0 spiro atoms. The lowest BCUT2D eigenvalue weighted by molar-refractivity contribution is 0.451. The molecule has 0 unspecified atom stereocenters. The van der Waals surface area contributed by atoms with E-state index in [-0.39, 0.29) is 5.75 Å². The van der Waals surface area contributed by atoms with E-state index in [0.717, 1.165) is 19.0 Å². The number of benzene rings is 1. The lowest BCUT2D eigenvalue weighted by Gasteiger charge is -2.09. The highest BCUT2D eigenvalue weighted by atomic mass is 35.5. The van der Waals surface area contributed by atoms with Gasteiger partial charge in [0, 0.05) is 17.6 Å². The van der Waals surface area contributed by atoms with Crippen LogP contribution in [0.2, 0.25) is 5.02 Å². The van der Waals surface area contributed by atoms with Crippen molar-refractivity contribution in [2.75, 3.05) is 6.54 Å². The van der Waals surface area contributed by atoms with Crippen LogP contribution >= 0.6 is 11.6 Å². The zero-order chi connectivity index (χ0) is 14.5. The van der Waals surface area contributed by atoms with Gasteiger partial charge in [0.1, 0.15) is 11.4 Å². The Bertz CT molecular complexity index is 655. The van der Waals surface area contributed by atoms with Crippen LogP contribution in [-0.2, 0) is 6.54 Å². The molecule has 0 aliphatic carbocycles. The molecule has 0 radical (unpaired) electrons. The monoisotopic (exact) mass is 293 g/mol. The summed E-state index contributed by atoms with van der Waals surface area (Å²) in [5.74, 6) is -0.100. The third kappa shape index (κ3) is 3.37. The van der Waals surface area contributed by atoms with Crippen molar-refractivity contribution in [2.45, 2.75) is 19.9 Å². The first-order chi connectivity index (χ1) is 9.61. The van der Waals surface area contributed by atoms with E-state index in [1.54, 1.807) is 24.3 Å². The number of aromatic hydroxyl groups is 1. The largest absolute Gasteiger partial charge is 0.506 e. The fourth-order valence-electron chi connectivity index (χ4n) is 1.78. The summed E-state index contributed by atoms with van der Waals surface area (Å²) in [5.41, 5.74) is 0.598. The van der Waals surface area contributed by atoms with Crippen LogP contribution in [0.3, 0.4) is 0 Å². The van der Waals surface area contributed by atoms with Crippen LogP contribution in [0.25, 0.3) is 5.69 Å². The summed E-state index contributed by atoms with van der Waals surface area (Å²) < 4.78 is 1.23. The first-order valence-corrected chi connectivity index (χ1v) is 6.78. The van der Waals surface area contributed by atoms with E-state index < -0.39 is 5.56 Å². The third-order valence-electron chi connectivity index (χ3n) is 2.76. The second-order valence-corrected chi connectivity index (χ2v) is 4.82. The van der Waals surface area contributed by atoms with Crippen LogP contribution in [0.1, 0.15) is 19.0 Å². The molecule has 2 N–H and O–H groups in total. The molecule has 2 rings (SSSR count). The van der Waals surface area contributed by atoms with Gasteiger partial charge in [0.25, 0.3) is 5.56 Å². The van der Waals surface area contributed by atoms with E-state index in [2.05, 4.69) is 10.4 Å². The normalized spacial score (nSPS) is 10.7. The third-order valence-corrected chi connectivity index (χ3v) is 2.99. The molecule has 106 valence electrons. The van der Waals surface area contributed by atoms with Gasteiger partial charge in [-0.25, -0.2) is 0 Å². The van der Waals surface area contributed by atoms with Crippen molar-refractivity contribution >= 4 is 11.6 Å². The van der Waals surface area contributed by atoms with Gasteiger partial charge < -0.3 is 10.4 Å². The van der Waals surface area contributed by atoms with E-state index in [4.69, 9.17) is 11.6 Å². The summed E-state index contributed by atoms with van der Waals surface area (Å²) in [6.07, 6.45) is 0.981. The second kappa shape index (κ2) is 6.54. The second-order valence-electron chi connectivity index (χ2n) is 4.38. The quantitative estimate of drug-likeness (QED) is 0.829. The molecule has 0 atom stereocenters. The van der Waals surface area contributed by atoms with Crippen molar-refractivity contribution in [2.24, 2.45) is 0 Å². The SMILES string of the molecule is CCCNCc1nn(-c2cccc(Cl)c2)c(=O)cc1O. The fraction of sp³-hybridized carbons (Fsp3) is 0.286. The Morgan fingerprint density at radius 2 is 2.20 bits per heavy atom. The molecule has 0 saturated carbocycles.